The number of nitrogens with zero attached hydrogens (tertiary/aromatic N) is 2. The van der Waals surface area contributed by atoms with Crippen molar-refractivity contribution in [2.45, 2.75) is 31.4 Å². The number of rotatable bonds is 4. The van der Waals surface area contributed by atoms with Gasteiger partial charge in [0.2, 0.25) is 0 Å². The van der Waals surface area contributed by atoms with Gasteiger partial charge in [-0.25, -0.2) is 9.89 Å². The lowest BCUT2D eigenvalue weighted by Crippen LogP contribution is -2.33. The Morgan fingerprint density at radius 1 is 1.25 bits per heavy atom. The molecule has 0 saturated carbocycles. The molecule has 1 saturated heterocycles. The van der Waals surface area contributed by atoms with Crippen LogP contribution in [-0.4, -0.2) is 46.6 Å². The second kappa shape index (κ2) is 10.2. The van der Waals surface area contributed by atoms with Gasteiger partial charge in [0.1, 0.15) is 5.02 Å². The number of hydrogen-bond donors (Lipinski definition) is 3. The van der Waals surface area contributed by atoms with Gasteiger partial charge in [0.15, 0.2) is 0 Å². The third-order valence-corrected chi connectivity index (χ3v) is 4.82. The molecular weight excluding hydrogens is 470 g/mol. The summed E-state index contributed by atoms with van der Waals surface area (Å²) in [5.74, 6) is -2.76. The fraction of sp³-hybridized carbons (Fsp3) is 0.389. The zero-order valence-electron chi connectivity index (χ0n) is 16.1. The first kappa shape index (κ1) is 25.5. The number of halogens is 7. The van der Waals surface area contributed by atoms with E-state index in [1.165, 1.54) is 18.3 Å². The van der Waals surface area contributed by atoms with Crippen molar-refractivity contribution in [1.29, 1.82) is 0 Å². The SMILES string of the molecule is O=C(O)C(F)(F)F.O=c1[nH]ncc(N2CCC(NCc3ccccc3C(F)(F)F)C2)c1Cl. The van der Waals surface area contributed by atoms with Crippen LogP contribution in [0.1, 0.15) is 17.5 Å². The minimum atomic E-state index is -5.08. The van der Waals surface area contributed by atoms with Gasteiger partial charge < -0.3 is 15.3 Å². The highest BCUT2D eigenvalue weighted by Gasteiger charge is 2.38. The molecule has 1 aliphatic heterocycles. The molecule has 1 aromatic heterocycles. The maximum Gasteiger partial charge on any atom is 0.490 e. The van der Waals surface area contributed by atoms with Crippen LogP contribution in [0.4, 0.5) is 32.0 Å². The fourth-order valence-corrected chi connectivity index (χ4v) is 3.16. The number of carboxylic acids is 1. The number of H-pyrrole nitrogens is 1. The van der Waals surface area contributed by atoms with Crippen LogP contribution in [0.15, 0.2) is 35.3 Å². The van der Waals surface area contributed by atoms with Crippen LogP contribution in [-0.2, 0) is 17.5 Å². The summed E-state index contributed by atoms with van der Waals surface area (Å²) in [4.78, 5) is 22.3. The first-order valence-electron chi connectivity index (χ1n) is 8.97. The Hall–Kier alpha value is -2.80. The van der Waals surface area contributed by atoms with E-state index in [-0.39, 0.29) is 23.2 Å². The lowest BCUT2D eigenvalue weighted by Gasteiger charge is -2.20. The lowest BCUT2D eigenvalue weighted by atomic mass is 10.1. The number of aromatic amines is 1. The summed E-state index contributed by atoms with van der Waals surface area (Å²) in [6.45, 7) is 1.30. The van der Waals surface area contributed by atoms with Crippen LogP contribution < -0.4 is 15.8 Å². The molecule has 0 aliphatic carbocycles. The van der Waals surface area contributed by atoms with E-state index in [1.54, 1.807) is 6.07 Å². The number of aromatic nitrogens is 2. The number of carbonyl (C=O) groups is 1. The Morgan fingerprint density at radius 3 is 2.47 bits per heavy atom. The molecule has 3 rings (SSSR count). The van der Waals surface area contributed by atoms with Gasteiger partial charge in [0, 0.05) is 25.7 Å². The van der Waals surface area contributed by atoms with Crippen molar-refractivity contribution in [3.05, 3.63) is 57.0 Å². The van der Waals surface area contributed by atoms with Crippen molar-refractivity contribution in [3.8, 4) is 0 Å². The number of anilines is 1. The second-order valence-corrected chi connectivity index (χ2v) is 7.05. The number of benzene rings is 1. The Bertz CT molecular complexity index is 996. The monoisotopic (exact) mass is 486 g/mol. The number of aliphatic carboxylic acids is 1. The van der Waals surface area contributed by atoms with Gasteiger partial charge in [-0.3, -0.25) is 4.79 Å². The number of alkyl halides is 6. The standard InChI is InChI=1S/C16H16ClF3N4O.C2HF3O2/c17-14-13(8-22-23-15(14)25)24-6-5-11(9-24)21-7-10-3-1-2-4-12(10)16(18,19)20;3-2(4,5)1(6)7/h1-4,8,11,21H,5-7,9H2,(H,23,25);(H,6,7). The number of nitrogens with one attached hydrogen (secondary N) is 2. The molecule has 2 heterocycles. The summed E-state index contributed by atoms with van der Waals surface area (Å²) >= 11 is 5.99. The Balaban J connectivity index is 0.000000451. The summed E-state index contributed by atoms with van der Waals surface area (Å²) in [6, 6.07) is 5.52. The molecule has 1 aliphatic rings. The summed E-state index contributed by atoms with van der Waals surface area (Å²) in [7, 11) is 0. The smallest absolute Gasteiger partial charge is 0.475 e. The van der Waals surface area contributed by atoms with Crippen LogP contribution in [0.3, 0.4) is 0 Å². The van der Waals surface area contributed by atoms with Gasteiger partial charge in [0.05, 0.1) is 17.4 Å². The molecule has 176 valence electrons. The first-order valence-corrected chi connectivity index (χ1v) is 9.35. The summed E-state index contributed by atoms with van der Waals surface area (Å²) in [5, 5.41) is 16.3. The third-order valence-electron chi connectivity index (χ3n) is 4.45. The van der Waals surface area contributed by atoms with Crippen molar-refractivity contribution in [3.63, 3.8) is 0 Å². The van der Waals surface area contributed by atoms with Gasteiger partial charge in [-0.1, -0.05) is 29.8 Å². The molecule has 7 nitrogen and oxygen atoms in total. The molecule has 2 aromatic rings. The van der Waals surface area contributed by atoms with E-state index in [0.29, 0.717) is 18.8 Å². The molecular formula is C18H17ClF6N4O3. The zero-order valence-corrected chi connectivity index (χ0v) is 16.9. The Kier molecular flexibility index (Phi) is 8.13. The largest absolute Gasteiger partial charge is 0.490 e. The molecule has 1 fully saturated rings. The van der Waals surface area contributed by atoms with Gasteiger partial charge in [0.25, 0.3) is 5.56 Å². The predicted molar refractivity (Wildman–Crippen MR) is 102 cm³/mol. The van der Waals surface area contributed by atoms with Gasteiger partial charge in [-0.2, -0.15) is 31.4 Å². The van der Waals surface area contributed by atoms with Gasteiger partial charge in [-0.15, -0.1) is 0 Å². The highest BCUT2D eigenvalue weighted by Crippen LogP contribution is 2.32. The Labute approximate surface area is 182 Å². The van der Waals surface area contributed by atoms with Crippen LogP contribution in [0.25, 0.3) is 0 Å². The summed E-state index contributed by atoms with van der Waals surface area (Å²) < 4.78 is 70.8. The lowest BCUT2D eigenvalue weighted by molar-refractivity contribution is -0.192. The van der Waals surface area contributed by atoms with E-state index < -0.39 is 29.4 Å². The fourth-order valence-electron chi connectivity index (χ4n) is 2.95. The van der Waals surface area contributed by atoms with E-state index in [9.17, 15) is 31.1 Å². The predicted octanol–water partition coefficient (Wildman–Crippen LogP) is 3.44. The number of hydrogen-bond acceptors (Lipinski definition) is 5. The Morgan fingerprint density at radius 2 is 1.88 bits per heavy atom. The van der Waals surface area contributed by atoms with E-state index in [4.69, 9.17) is 21.5 Å². The van der Waals surface area contributed by atoms with E-state index in [0.717, 1.165) is 12.5 Å². The van der Waals surface area contributed by atoms with Crippen LogP contribution >= 0.6 is 11.6 Å². The molecule has 1 unspecified atom stereocenters. The molecule has 0 spiro atoms. The minimum Gasteiger partial charge on any atom is -0.475 e. The normalized spacial score (nSPS) is 16.5. The molecule has 0 bridgehead atoms. The third kappa shape index (κ3) is 6.85. The molecule has 3 N–H and O–H groups in total. The van der Waals surface area contributed by atoms with E-state index in [1.807, 2.05) is 4.90 Å². The molecule has 14 heteroatoms. The van der Waals surface area contributed by atoms with Crippen LogP contribution in [0.2, 0.25) is 5.02 Å². The molecule has 0 radical (unpaired) electrons. The van der Waals surface area contributed by atoms with Crippen molar-refractivity contribution < 1.29 is 36.2 Å². The van der Waals surface area contributed by atoms with E-state index in [2.05, 4.69) is 15.5 Å². The van der Waals surface area contributed by atoms with Crippen molar-refractivity contribution >= 4 is 23.3 Å². The van der Waals surface area contributed by atoms with Crippen LogP contribution in [0, 0.1) is 0 Å². The quantitative estimate of drug-likeness (QED) is 0.573. The highest BCUT2D eigenvalue weighted by atomic mass is 35.5. The average Bonchev–Trinajstić information content (AvgIpc) is 3.16. The van der Waals surface area contributed by atoms with Crippen molar-refractivity contribution in [2.24, 2.45) is 0 Å². The van der Waals surface area contributed by atoms with E-state index >= 15 is 0 Å². The van der Waals surface area contributed by atoms with Crippen molar-refractivity contribution in [2.75, 3.05) is 18.0 Å². The summed E-state index contributed by atoms with van der Waals surface area (Å²) in [5.41, 5.74) is -0.344. The van der Waals surface area contributed by atoms with Gasteiger partial charge in [-0.05, 0) is 18.1 Å². The first-order chi connectivity index (χ1) is 14.8. The minimum absolute atomic E-state index is 0.00311. The highest BCUT2D eigenvalue weighted by molar-refractivity contribution is 6.33. The van der Waals surface area contributed by atoms with Crippen molar-refractivity contribution in [1.82, 2.24) is 15.5 Å². The second-order valence-electron chi connectivity index (χ2n) is 6.67. The topological polar surface area (TPSA) is 98.3 Å². The average molecular weight is 487 g/mol. The molecule has 32 heavy (non-hydrogen) atoms. The van der Waals surface area contributed by atoms with Gasteiger partial charge >= 0.3 is 18.3 Å². The summed E-state index contributed by atoms with van der Waals surface area (Å²) in [6.07, 6.45) is -7.24. The molecule has 1 aromatic carbocycles. The number of carboxylic acid groups (broad SMARTS) is 1. The molecule has 0 amide bonds. The zero-order chi connectivity index (χ0) is 24.1. The maximum atomic E-state index is 13.0. The van der Waals surface area contributed by atoms with Crippen LogP contribution in [0.5, 0.6) is 0 Å². The maximum absolute atomic E-state index is 13.0. The molecule has 1 atom stereocenters.